The standard InChI is InChI=1S/C8H17O4S/c1-4-5-6-13(10,11)12-7-8(2,3)9/h4-7H2,1-3H3. The molecule has 0 spiro atoms. The van der Waals surface area contributed by atoms with Crippen molar-refractivity contribution < 1.29 is 17.7 Å². The van der Waals surface area contributed by atoms with E-state index in [1.807, 2.05) is 6.92 Å². The lowest BCUT2D eigenvalue weighted by Crippen LogP contribution is -2.27. The van der Waals surface area contributed by atoms with Crippen molar-refractivity contribution in [1.82, 2.24) is 0 Å². The maximum absolute atomic E-state index is 11.1. The number of hydrogen-bond donors (Lipinski definition) is 0. The van der Waals surface area contributed by atoms with Crippen LogP contribution in [-0.2, 0) is 19.4 Å². The van der Waals surface area contributed by atoms with Crippen molar-refractivity contribution >= 4 is 10.1 Å². The number of rotatable bonds is 6. The molecule has 0 unspecified atom stereocenters. The minimum atomic E-state index is -3.48. The van der Waals surface area contributed by atoms with Gasteiger partial charge >= 0.3 is 0 Å². The zero-order valence-electron chi connectivity index (χ0n) is 8.37. The minimum Gasteiger partial charge on any atom is -0.267 e. The van der Waals surface area contributed by atoms with E-state index < -0.39 is 15.7 Å². The molecule has 1 radical (unpaired) electrons. The maximum Gasteiger partial charge on any atom is 0.267 e. The number of hydrogen-bond acceptors (Lipinski definition) is 3. The molecule has 0 aliphatic heterocycles. The van der Waals surface area contributed by atoms with Gasteiger partial charge in [-0.2, -0.15) is 8.42 Å². The van der Waals surface area contributed by atoms with Crippen LogP contribution >= 0.6 is 0 Å². The summed E-state index contributed by atoms with van der Waals surface area (Å²) >= 11 is 0. The predicted molar refractivity (Wildman–Crippen MR) is 49.4 cm³/mol. The SMILES string of the molecule is CCCCS(=O)(=O)OCC(C)(C)[O]. The Morgan fingerprint density at radius 3 is 2.23 bits per heavy atom. The summed E-state index contributed by atoms with van der Waals surface area (Å²) in [6.07, 6.45) is 1.37. The van der Waals surface area contributed by atoms with Gasteiger partial charge in [0.1, 0.15) is 5.60 Å². The molecule has 0 aliphatic carbocycles. The van der Waals surface area contributed by atoms with Gasteiger partial charge in [0.15, 0.2) is 0 Å². The van der Waals surface area contributed by atoms with Gasteiger partial charge in [0, 0.05) is 0 Å². The summed E-state index contributed by atoms with van der Waals surface area (Å²) < 4.78 is 26.7. The lowest BCUT2D eigenvalue weighted by molar-refractivity contribution is -0.0306. The summed E-state index contributed by atoms with van der Waals surface area (Å²) in [5.41, 5.74) is -1.35. The van der Waals surface area contributed by atoms with Gasteiger partial charge in [0.2, 0.25) is 0 Å². The van der Waals surface area contributed by atoms with E-state index in [4.69, 9.17) is 0 Å². The van der Waals surface area contributed by atoms with Crippen molar-refractivity contribution in [1.29, 1.82) is 0 Å². The lowest BCUT2D eigenvalue weighted by atomic mass is 10.2. The third-order valence-electron chi connectivity index (χ3n) is 1.33. The Bertz CT molecular complexity index is 225. The van der Waals surface area contributed by atoms with Crippen LogP contribution in [0.4, 0.5) is 0 Å². The zero-order chi connectivity index (χ0) is 10.5. The first kappa shape index (κ1) is 12.9. The molecule has 0 aromatic carbocycles. The van der Waals surface area contributed by atoms with Gasteiger partial charge in [-0.15, -0.1) is 0 Å². The van der Waals surface area contributed by atoms with Crippen LogP contribution in [0.5, 0.6) is 0 Å². The number of unbranched alkanes of at least 4 members (excludes halogenated alkanes) is 1. The fraction of sp³-hybridized carbons (Fsp3) is 1.00. The van der Waals surface area contributed by atoms with Crippen LogP contribution in [0.25, 0.3) is 0 Å². The summed E-state index contributed by atoms with van der Waals surface area (Å²) in [6.45, 7) is 4.39. The van der Waals surface area contributed by atoms with E-state index in [1.165, 1.54) is 13.8 Å². The van der Waals surface area contributed by atoms with Crippen LogP contribution in [-0.4, -0.2) is 26.4 Å². The molecule has 0 fully saturated rings. The fourth-order valence-corrected chi connectivity index (χ4v) is 1.84. The Labute approximate surface area is 80.0 Å². The molecule has 0 saturated heterocycles. The second-order valence-corrected chi connectivity index (χ2v) is 5.40. The molecule has 0 rings (SSSR count). The molecule has 0 aromatic rings. The average Bonchev–Trinajstić information content (AvgIpc) is 1.97. The minimum absolute atomic E-state index is 0.000417. The van der Waals surface area contributed by atoms with Gasteiger partial charge in [-0.25, -0.2) is 5.11 Å². The molecule has 0 heterocycles. The second kappa shape index (κ2) is 4.93. The molecule has 0 aliphatic rings. The van der Waals surface area contributed by atoms with Crippen LogP contribution in [0.2, 0.25) is 0 Å². The molecule has 0 saturated carbocycles. The van der Waals surface area contributed by atoms with Crippen molar-refractivity contribution in [3.05, 3.63) is 0 Å². The summed E-state index contributed by atoms with van der Waals surface area (Å²) in [7, 11) is -3.48. The summed E-state index contributed by atoms with van der Waals surface area (Å²) in [5, 5.41) is 11.0. The topological polar surface area (TPSA) is 63.3 Å². The fourth-order valence-electron chi connectivity index (χ4n) is 0.612. The molecule has 5 heteroatoms. The van der Waals surface area contributed by atoms with Crippen LogP contribution in [0, 0.1) is 0 Å². The largest absolute Gasteiger partial charge is 0.267 e. The molecule has 0 bridgehead atoms. The molecular weight excluding hydrogens is 192 g/mol. The third-order valence-corrected chi connectivity index (χ3v) is 2.60. The highest BCUT2D eigenvalue weighted by atomic mass is 32.2. The molecule has 13 heavy (non-hydrogen) atoms. The van der Waals surface area contributed by atoms with Gasteiger partial charge in [-0.1, -0.05) is 13.3 Å². The smallest absolute Gasteiger partial charge is 0.267 e. The molecular formula is C8H17O4S. The van der Waals surface area contributed by atoms with Gasteiger partial charge in [0.05, 0.1) is 12.4 Å². The van der Waals surface area contributed by atoms with E-state index in [0.717, 1.165) is 6.42 Å². The monoisotopic (exact) mass is 209 g/mol. The third kappa shape index (κ3) is 8.21. The quantitative estimate of drug-likeness (QED) is 0.620. The van der Waals surface area contributed by atoms with Crippen molar-refractivity contribution in [2.24, 2.45) is 0 Å². The lowest BCUT2D eigenvalue weighted by Gasteiger charge is -2.13. The van der Waals surface area contributed by atoms with E-state index >= 15 is 0 Å². The predicted octanol–water partition coefficient (Wildman–Crippen LogP) is 1.34. The first-order valence-electron chi connectivity index (χ1n) is 4.34. The summed E-state index contributed by atoms with van der Waals surface area (Å²) in [5.74, 6) is -0.000417. The zero-order valence-corrected chi connectivity index (χ0v) is 9.19. The van der Waals surface area contributed by atoms with E-state index in [-0.39, 0.29) is 12.4 Å². The Kier molecular flexibility index (Phi) is 4.88. The Morgan fingerprint density at radius 1 is 1.31 bits per heavy atom. The van der Waals surface area contributed by atoms with Gasteiger partial charge in [-0.05, 0) is 20.3 Å². The molecule has 0 aromatic heterocycles. The van der Waals surface area contributed by atoms with E-state index in [9.17, 15) is 13.5 Å². The molecule has 0 amide bonds. The molecule has 79 valence electrons. The van der Waals surface area contributed by atoms with Crippen LogP contribution in [0.15, 0.2) is 0 Å². The Hall–Kier alpha value is -0.130. The van der Waals surface area contributed by atoms with E-state index in [2.05, 4.69) is 4.18 Å². The van der Waals surface area contributed by atoms with Gasteiger partial charge in [0.25, 0.3) is 10.1 Å². The van der Waals surface area contributed by atoms with E-state index in [1.54, 1.807) is 0 Å². The highest BCUT2D eigenvalue weighted by Gasteiger charge is 2.20. The van der Waals surface area contributed by atoms with Crippen LogP contribution in [0.1, 0.15) is 33.6 Å². The van der Waals surface area contributed by atoms with Crippen molar-refractivity contribution in [3.8, 4) is 0 Å². The average molecular weight is 209 g/mol. The normalized spacial score (nSPS) is 13.2. The molecule has 0 atom stereocenters. The van der Waals surface area contributed by atoms with Crippen molar-refractivity contribution in [3.63, 3.8) is 0 Å². The van der Waals surface area contributed by atoms with Crippen LogP contribution in [0.3, 0.4) is 0 Å². The highest BCUT2D eigenvalue weighted by Crippen LogP contribution is 2.07. The van der Waals surface area contributed by atoms with Gasteiger partial charge in [-0.3, -0.25) is 4.18 Å². The maximum atomic E-state index is 11.1. The molecule has 4 nitrogen and oxygen atoms in total. The van der Waals surface area contributed by atoms with Crippen LogP contribution < -0.4 is 0 Å². The second-order valence-electron chi connectivity index (χ2n) is 3.64. The van der Waals surface area contributed by atoms with Crippen molar-refractivity contribution in [2.45, 2.75) is 39.2 Å². The first-order chi connectivity index (χ1) is 5.77. The summed E-state index contributed by atoms with van der Waals surface area (Å²) in [6, 6.07) is 0. The Morgan fingerprint density at radius 2 is 1.85 bits per heavy atom. The Balaban J connectivity index is 3.91. The highest BCUT2D eigenvalue weighted by molar-refractivity contribution is 7.86. The van der Waals surface area contributed by atoms with Crippen molar-refractivity contribution in [2.75, 3.05) is 12.4 Å². The first-order valence-corrected chi connectivity index (χ1v) is 5.92. The van der Waals surface area contributed by atoms with E-state index in [0.29, 0.717) is 6.42 Å². The summed E-state index contributed by atoms with van der Waals surface area (Å²) in [4.78, 5) is 0. The van der Waals surface area contributed by atoms with Gasteiger partial charge < -0.3 is 0 Å². The molecule has 0 N–H and O–H groups in total.